The lowest BCUT2D eigenvalue weighted by atomic mass is 10.3. The Morgan fingerprint density at radius 1 is 1.57 bits per heavy atom. The Morgan fingerprint density at radius 3 is 2.50 bits per heavy atom. The lowest BCUT2D eigenvalue weighted by Crippen LogP contribution is -2.24. The van der Waals surface area contributed by atoms with Gasteiger partial charge < -0.3 is 9.47 Å². The summed E-state index contributed by atoms with van der Waals surface area (Å²) in [6.45, 7) is 5.65. The van der Waals surface area contributed by atoms with E-state index in [2.05, 4.69) is 11.6 Å². The number of hydrogen-bond donors (Lipinski definition) is 0. The first kappa shape index (κ1) is 10.5. The summed E-state index contributed by atoms with van der Waals surface area (Å²) in [7, 11) is 5.21. The number of aromatic nitrogens is 2. The zero-order valence-corrected chi connectivity index (χ0v) is 9.03. The van der Waals surface area contributed by atoms with Crippen molar-refractivity contribution < 1.29 is 4.79 Å². The Bertz CT molecular complexity index is 377. The first-order valence-electron chi connectivity index (χ1n) is 4.34. The highest BCUT2D eigenvalue weighted by molar-refractivity contribution is 5.90. The molecule has 0 aromatic carbocycles. The molecule has 1 rings (SSSR count). The standard InChI is InChI=1S/C10H15N3O/c1-7(2)8-6-13(5)9(11-8)10(14)12(3)4/h6H,1H2,2-5H3. The molecule has 0 N–H and O–H groups in total. The monoisotopic (exact) mass is 193 g/mol. The molecule has 0 bridgehead atoms. The average Bonchev–Trinajstić information content (AvgIpc) is 2.46. The van der Waals surface area contributed by atoms with E-state index in [-0.39, 0.29) is 5.91 Å². The van der Waals surface area contributed by atoms with Gasteiger partial charge in [0.1, 0.15) is 0 Å². The minimum absolute atomic E-state index is 0.0972. The Morgan fingerprint density at radius 2 is 2.14 bits per heavy atom. The van der Waals surface area contributed by atoms with E-state index in [1.54, 1.807) is 31.9 Å². The van der Waals surface area contributed by atoms with E-state index in [0.717, 1.165) is 11.3 Å². The molecule has 1 aromatic rings. The van der Waals surface area contributed by atoms with Crippen molar-refractivity contribution in [2.24, 2.45) is 7.05 Å². The minimum atomic E-state index is -0.0972. The van der Waals surface area contributed by atoms with Crippen molar-refractivity contribution in [3.63, 3.8) is 0 Å². The Kier molecular flexibility index (Phi) is 2.74. The maximum atomic E-state index is 11.6. The van der Waals surface area contributed by atoms with Gasteiger partial charge in [0.25, 0.3) is 5.91 Å². The van der Waals surface area contributed by atoms with Gasteiger partial charge in [-0.3, -0.25) is 4.79 Å². The maximum absolute atomic E-state index is 11.6. The molecule has 4 heteroatoms. The van der Waals surface area contributed by atoms with Crippen LogP contribution in [-0.2, 0) is 7.05 Å². The van der Waals surface area contributed by atoms with Gasteiger partial charge in [-0.25, -0.2) is 4.98 Å². The third kappa shape index (κ3) is 1.84. The van der Waals surface area contributed by atoms with Gasteiger partial charge >= 0.3 is 0 Å². The van der Waals surface area contributed by atoms with Crippen LogP contribution in [0.5, 0.6) is 0 Å². The summed E-state index contributed by atoms with van der Waals surface area (Å²) in [5, 5.41) is 0. The van der Waals surface area contributed by atoms with Crippen LogP contribution < -0.4 is 0 Å². The average molecular weight is 193 g/mol. The third-order valence-corrected chi connectivity index (χ3v) is 1.91. The maximum Gasteiger partial charge on any atom is 0.289 e. The molecule has 1 amide bonds. The van der Waals surface area contributed by atoms with Gasteiger partial charge in [0, 0.05) is 27.3 Å². The van der Waals surface area contributed by atoms with Crippen molar-refractivity contribution in [2.75, 3.05) is 14.1 Å². The van der Waals surface area contributed by atoms with E-state index in [1.807, 2.05) is 6.92 Å². The Balaban J connectivity index is 3.11. The molecule has 0 fully saturated rings. The fourth-order valence-electron chi connectivity index (χ4n) is 1.07. The number of aryl methyl sites for hydroxylation is 1. The molecule has 1 heterocycles. The summed E-state index contributed by atoms with van der Waals surface area (Å²) >= 11 is 0. The quantitative estimate of drug-likeness (QED) is 0.706. The second-order valence-electron chi connectivity index (χ2n) is 3.54. The molecule has 0 aliphatic rings. The summed E-state index contributed by atoms with van der Waals surface area (Å²) in [4.78, 5) is 17.3. The molecule has 14 heavy (non-hydrogen) atoms. The fourth-order valence-corrected chi connectivity index (χ4v) is 1.07. The van der Waals surface area contributed by atoms with E-state index < -0.39 is 0 Å². The van der Waals surface area contributed by atoms with E-state index in [9.17, 15) is 4.79 Å². The summed E-state index contributed by atoms with van der Waals surface area (Å²) < 4.78 is 1.71. The molecular weight excluding hydrogens is 178 g/mol. The number of nitrogens with zero attached hydrogens (tertiary/aromatic N) is 3. The predicted octanol–water partition coefficient (Wildman–Crippen LogP) is 1.16. The molecule has 4 nitrogen and oxygen atoms in total. The summed E-state index contributed by atoms with van der Waals surface area (Å²) in [6.07, 6.45) is 1.80. The van der Waals surface area contributed by atoms with Gasteiger partial charge in [0.2, 0.25) is 0 Å². The number of hydrogen-bond acceptors (Lipinski definition) is 2. The molecular formula is C10H15N3O. The summed E-state index contributed by atoms with van der Waals surface area (Å²) in [5.41, 5.74) is 1.62. The fraction of sp³-hybridized carbons (Fsp3) is 0.400. The van der Waals surface area contributed by atoms with Crippen molar-refractivity contribution in [1.82, 2.24) is 14.5 Å². The second-order valence-corrected chi connectivity index (χ2v) is 3.54. The molecule has 0 saturated heterocycles. The Labute approximate surface area is 83.9 Å². The van der Waals surface area contributed by atoms with E-state index in [1.165, 1.54) is 4.90 Å². The number of carbonyl (C=O) groups excluding carboxylic acids is 1. The highest BCUT2D eigenvalue weighted by atomic mass is 16.2. The smallest absolute Gasteiger partial charge is 0.289 e. The van der Waals surface area contributed by atoms with Crippen LogP contribution in [0.3, 0.4) is 0 Å². The van der Waals surface area contributed by atoms with Crippen molar-refractivity contribution in [1.29, 1.82) is 0 Å². The second kappa shape index (κ2) is 3.65. The van der Waals surface area contributed by atoms with Crippen molar-refractivity contribution >= 4 is 11.5 Å². The largest absolute Gasteiger partial charge is 0.342 e. The van der Waals surface area contributed by atoms with Gasteiger partial charge in [-0.15, -0.1) is 0 Å². The normalized spacial score (nSPS) is 10.0. The van der Waals surface area contributed by atoms with Gasteiger partial charge in [-0.05, 0) is 12.5 Å². The molecule has 0 aliphatic carbocycles. The van der Waals surface area contributed by atoms with E-state index in [0.29, 0.717) is 5.82 Å². The number of allylic oxidation sites excluding steroid dienone is 1. The molecule has 0 unspecified atom stereocenters. The Hall–Kier alpha value is -1.58. The van der Waals surface area contributed by atoms with Crippen LogP contribution in [0.15, 0.2) is 12.8 Å². The topological polar surface area (TPSA) is 38.1 Å². The summed E-state index contributed by atoms with van der Waals surface area (Å²) in [5.74, 6) is 0.341. The van der Waals surface area contributed by atoms with Crippen LogP contribution in [0.4, 0.5) is 0 Å². The van der Waals surface area contributed by atoms with Crippen molar-refractivity contribution in [2.45, 2.75) is 6.92 Å². The van der Waals surface area contributed by atoms with Gasteiger partial charge in [-0.1, -0.05) is 6.58 Å². The van der Waals surface area contributed by atoms with Gasteiger partial charge in [0.05, 0.1) is 5.69 Å². The minimum Gasteiger partial charge on any atom is -0.342 e. The van der Waals surface area contributed by atoms with Crippen molar-refractivity contribution in [3.8, 4) is 0 Å². The SMILES string of the molecule is C=C(C)c1cn(C)c(C(=O)N(C)C)n1. The molecule has 1 aromatic heterocycles. The van der Waals surface area contributed by atoms with E-state index >= 15 is 0 Å². The number of carbonyl (C=O) groups is 1. The van der Waals surface area contributed by atoms with Crippen LogP contribution in [0.1, 0.15) is 23.2 Å². The van der Waals surface area contributed by atoms with Gasteiger partial charge in [-0.2, -0.15) is 0 Å². The number of rotatable bonds is 2. The lowest BCUT2D eigenvalue weighted by molar-refractivity contribution is 0.0812. The zero-order valence-electron chi connectivity index (χ0n) is 9.03. The molecule has 0 saturated carbocycles. The highest BCUT2D eigenvalue weighted by Gasteiger charge is 2.15. The van der Waals surface area contributed by atoms with Crippen LogP contribution >= 0.6 is 0 Å². The molecule has 0 atom stereocenters. The van der Waals surface area contributed by atoms with Crippen molar-refractivity contribution in [3.05, 3.63) is 24.3 Å². The van der Waals surface area contributed by atoms with Crippen LogP contribution in [-0.4, -0.2) is 34.5 Å². The zero-order chi connectivity index (χ0) is 10.9. The first-order chi connectivity index (χ1) is 6.43. The van der Waals surface area contributed by atoms with Crippen LogP contribution in [0, 0.1) is 0 Å². The lowest BCUT2D eigenvalue weighted by Gasteiger charge is -2.08. The van der Waals surface area contributed by atoms with Crippen LogP contribution in [0.25, 0.3) is 5.57 Å². The van der Waals surface area contributed by atoms with Crippen LogP contribution in [0.2, 0.25) is 0 Å². The van der Waals surface area contributed by atoms with E-state index in [4.69, 9.17) is 0 Å². The first-order valence-corrected chi connectivity index (χ1v) is 4.34. The molecule has 0 radical (unpaired) electrons. The van der Waals surface area contributed by atoms with Gasteiger partial charge in [0.15, 0.2) is 5.82 Å². The number of amides is 1. The molecule has 0 aliphatic heterocycles. The molecule has 0 spiro atoms. The highest BCUT2D eigenvalue weighted by Crippen LogP contribution is 2.11. The number of imidazole rings is 1. The summed E-state index contributed by atoms with van der Waals surface area (Å²) in [6, 6.07) is 0. The molecule has 76 valence electrons. The third-order valence-electron chi connectivity index (χ3n) is 1.91. The predicted molar refractivity (Wildman–Crippen MR) is 55.9 cm³/mol.